The molecule has 1 saturated carbocycles. The van der Waals surface area contributed by atoms with Crippen LogP contribution >= 0.6 is 11.3 Å². The van der Waals surface area contributed by atoms with E-state index < -0.39 is 0 Å². The van der Waals surface area contributed by atoms with Crippen LogP contribution < -0.4 is 31.1 Å². The van der Waals surface area contributed by atoms with E-state index in [0.717, 1.165) is 34.0 Å². The average molecular weight is 906 g/mol. The zero-order chi connectivity index (χ0) is 45.8. The summed E-state index contributed by atoms with van der Waals surface area (Å²) in [6.45, 7) is 7.33. The second-order valence-electron chi connectivity index (χ2n) is 20.4. The van der Waals surface area contributed by atoms with Crippen LogP contribution in [0, 0.1) is 6.92 Å². The van der Waals surface area contributed by atoms with Crippen molar-refractivity contribution in [3.63, 3.8) is 0 Å². The van der Waals surface area contributed by atoms with Crippen molar-refractivity contribution >= 4 is 122 Å². The van der Waals surface area contributed by atoms with Crippen LogP contribution in [-0.4, -0.2) is 12.3 Å². The zero-order valence-corrected chi connectivity index (χ0v) is 39.8. The number of thiophene rings is 1. The molecule has 3 aliphatic heterocycles. The summed E-state index contributed by atoms with van der Waals surface area (Å²) in [6, 6.07) is 70.8. The second kappa shape index (κ2) is 14.3. The van der Waals surface area contributed by atoms with Crippen LogP contribution in [0.1, 0.15) is 50.7 Å². The Labute approximate surface area is 406 Å². The molecule has 11 aromatic rings. The fourth-order valence-corrected chi connectivity index (χ4v) is 14.7. The molecule has 9 aromatic carbocycles. The first-order valence-electron chi connectivity index (χ1n) is 24.7. The summed E-state index contributed by atoms with van der Waals surface area (Å²) < 4.78 is 9.28. The summed E-state index contributed by atoms with van der Waals surface area (Å²) in [5.41, 5.74) is 20.6. The topological polar surface area (TPSA) is 22.9 Å². The molecule has 1 fully saturated rings. The Morgan fingerprint density at radius 1 is 0.493 bits per heavy atom. The molecule has 0 saturated heterocycles. The molecule has 1 aliphatic carbocycles. The summed E-state index contributed by atoms with van der Waals surface area (Å²) in [5, 5.41) is 4.84. The molecule has 15 rings (SSSR count). The van der Waals surface area contributed by atoms with E-state index in [1.807, 2.05) is 11.3 Å². The third-order valence-corrected chi connectivity index (χ3v) is 18.0. The van der Waals surface area contributed by atoms with E-state index in [-0.39, 0.29) is 17.7 Å². The van der Waals surface area contributed by atoms with Crippen LogP contribution in [0.4, 0.5) is 45.5 Å². The van der Waals surface area contributed by atoms with Gasteiger partial charge in [0.25, 0.3) is 6.71 Å². The van der Waals surface area contributed by atoms with Gasteiger partial charge in [-0.3, -0.25) is 0 Å². The molecule has 4 nitrogen and oxygen atoms in total. The number of hydrogen-bond donors (Lipinski definition) is 0. The fraction of sp³-hybridized carbons (Fsp3) is 0.143. The van der Waals surface area contributed by atoms with E-state index in [1.54, 1.807) is 0 Å². The van der Waals surface area contributed by atoms with Gasteiger partial charge in [0, 0.05) is 65.1 Å². The van der Waals surface area contributed by atoms with Crippen LogP contribution in [-0.2, 0) is 5.41 Å². The molecule has 5 heterocycles. The third-order valence-electron chi connectivity index (χ3n) is 16.8. The molecule has 69 heavy (non-hydrogen) atoms. The minimum atomic E-state index is -0.0796. The Kier molecular flexibility index (Phi) is 8.15. The quantitative estimate of drug-likeness (QED) is 0.164. The molecule has 0 amide bonds. The van der Waals surface area contributed by atoms with Gasteiger partial charge in [-0.25, -0.2) is 0 Å². The number of furan rings is 1. The predicted octanol–water partition coefficient (Wildman–Crippen LogP) is 15.8. The highest BCUT2D eigenvalue weighted by Crippen LogP contribution is 2.61. The van der Waals surface area contributed by atoms with Crippen LogP contribution in [0.25, 0.3) is 53.2 Å². The van der Waals surface area contributed by atoms with Crippen molar-refractivity contribution in [1.29, 1.82) is 0 Å². The molecule has 0 bridgehead atoms. The summed E-state index contributed by atoms with van der Waals surface area (Å²) in [5.74, 6) is 0. The first-order chi connectivity index (χ1) is 33.9. The number of rotatable bonds is 4. The van der Waals surface area contributed by atoms with Crippen molar-refractivity contribution in [1.82, 2.24) is 0 Å². The molecular weight excluding hydrogens is 858 g/mol. The molecule has 0 radical (unpaired) electrons. The van der Waals surface area contributed by atoms with Crippen molar-refractivity contribution in [2.75, 3.05) is 14.7 Å². The van der Waals surface area contributed by atoms with Gasteiger partial charge < -0.3 is 19.1 Å². The van der Waals surface area contributed by atoms with Gasteiger partial charge >= 0.3 is 0 Å². The van der Waals surface area contributed by atoms with E-state index in [0.29, 0.717) is 0 Å². The van der Waals surface area contributed by atoms with Crippen molar-refractivity contribution in [2.45, 2.75) is 57.4 Å². The first kappa shape index (κ1) is 39.5. The van der Waals surface area contributed by atoms with E-state index >= 15 is 0 Å². The predicted molar refractivity (Wildman–Crippen MR) is 294 cm³/mol. The summed E-state index contributed by atoms with van der Waals surface area (Å²) in [6.07, 6.45) is 4.82. The number of nitrogens with zero attached hydrogens (tertiary/aromatic N) is 3. The van der Waals surface area contributed by atoms with Gasteiger partial charge in [0.2, 0.25) is 0 Å². The largest absolute Gasteiger partial charge is 0.456 e. The fourth-order valence-electron chi connectivity index (χ4n) is 13.6. The van der Waals surface area contributed by atoms with Crippen molar-refractivity contribution in [3.8, 4) is 11.1 Å². The highest BCUT2D eigenvalue weighted by atomic mass is 32.1. The molecule has 2 atom stereocenters. The summed E-state index contributed by atoms with van der Waals surface area (Å²) in [4.78, 5) is 7.96. The maximum absolute atomic E-state index is 6.68. The second-order valence-corrected chi connectivity index (χ2v) is 21.4. The van der Waals surface area contributed by atoms with E-state index in [1.165, 1.54) is 118 Å². The van der Waals surface area contributed by atoms with Gasteiger partial charge in [-0.1, -0.05) is 135 Å². The van der Waals surface area contributed by atoms with Gasteiger partial charge in [0.15, 0.2) is 0 Å². The SMILES string of the molecule is Cc1cc2c3c(c1)N(c1cccc4sc5ccccc5c14)c1cc(-c4ccccc4)ccc1B3c1ccc(N3c4ccccc4C4(C)CCCCC34C)cc1N2c1cccc2oc3ccccc3c12. The van der Waals surface area contributed by atoms with Gasteiger partial charge in [0.1, 0.15) is 11.2 Å². The van der Waals surface area contributed by atoms with Crippen molar-refractivity contribution in [3.05, 3.63) is 199 Å². The van der Waals surface area contributed by atoms with Crippen LogP contribution in [0.15, 0.2) is 192 Å². The molecule has 2 unspecified atom stereocenters. The normalized spacial score (nSPS) is 19.0. The van der Waals surface area contributed by atoms with Gasteiger partial charge in [-0.05, 0) is 138 Å². The standard InChI is InChI=1S/C63H48BN3OS/c1-39-35-53-61-54(36-39)66(50-24-16-28-58-60(50)44-20-8-12-27-57(44)69-58)51-37-41(40-17-5-4-6-18-40)29-31-46(51)64(61)47-32-30-42(67-48-22-10-9-21-45(48)62(2)33-13-14-34-63(62,67)3)38-52(47)65(53)49-23-15-26-56-59(49)43-19-7-11-25-55(43)68-56/h4-12,15-32,35-38H,13-14,33-34H2,1-3H3. The molecule has 6 heteroatoms. The minimum absolute atomic E-state index is 0.0351. The van der Waals surface area contributed by atoms with Gasteiger partial charge in [-0.2, -0.15) is 0 Å². The Hall–Kier alpha value is -7.54. The number of hydrogen-bond acceptors (Lipinski definition) is 5. The van der Waals surface area contributed by atoms with E-state index in [2.05, 4.69) is 224 Å². The Morgan fingerprint density at radius 2 is 1.13 bits per heavy atom. The van der Waals surface area contributed by atoms with Crippen LogP contribution in [0.2, 0.25) is 0 Å². The summed E-state index contributed by atoms with van der Waals surface area (Å²) >= 11 is 1.88. The van der Waals surface area contributed by atoms with Crippen LogP contribution in [0.5, 0.6) is 0 Å². The smallest absolute Gasteiger partial charge is 0.252 e. The lowest BCUT2D eigenvalue weighted by Gasteiger charge is -2.50. The third kappa shape index (κ3) is 5.30. The maximum Gasteiger partial charge on any atom is 0.252 e. The van der Waals surface area contributed by atoms with E-state index in [9.17, 15) is 0 Å². The first-order valence-corrected chi connectivity index (χ1v) is 25.5. The average Bonchev–Trinajstić information content (AvgIpc) is 4.02. The Bertz CT molecular complexity index is 3970. The molecule has 0 N–H and O–H groups in total. The molecular formula is C63H48BN3OS. The number of para-hydroxylation sites is 2. The van der Waals surface area contributed by atoms with Crippen LogP contribution in [0.3, 0.4) is 0 Å². The van der Waals surface area contributed by atoms with Gasteiger partial charge in [0.05, 0.1) is 22.3 Å². The number of aryl methyl sites for hydroxylation is 1. The number of benzene rings is 9. The highest BCUT2D eigenvalue weighted by molar-refractivity contribution is 7.26. The molecule has 330 valence electrons. The maximum atomic E-state index is 6.68. The highest BCUT2D eigenvalue weighted by Gasteiger charge is 2.58. The lowest BCUT2D eigenvalue weighted by molar-refractivity contribution is 0.195. The summed E-state index contributed by atoms with van der Waals surface area (Å²) in [7, 11) is 0. The van der Waals surface area contributed by atoms with Crippen molar-refractivity contribution < 1.29 is 4.42 Å². The van der Waals surface area contributed by atoms with Gasteiger partial charge in [-0.15, -0.1) is 11.3 Å². The minimum Gasteiger partial charge on any atom is -0.456 e. The number of fused-ring (bicyclic) bond motifs is 13. The zero-order valence-electron chi connectivity index (χ0n) is 39.0. The molecule has 2 aromatic heterocycles. The Morgan fingerprint density at radius 3 is 1.97 bits per heavy atom. The van der Waals surface area contributed by atoms with E-state index in [4.69, 9.17) is 4.42 Å². The molecule has 0 spiro atoms. The molecule has 4 aliphatic rings. The lowest BCUT2D eigenvalue weighted by Crippen LogP contribution is -2.61. The monoisotopic (exact) mass is 905 g/mol. The van der Waals surface area contributed by atoms with Crippen molar-refractivity contribution in [2.24, 2.45) is 0 Å². The lowest BCUT2D eigenvalue weighted by atomic mass is 9.33. The Balaban J connectivity index is 1.05. The number of anilines is 8.